The Balaban J connectivity index is 2.88. The predicted octanol–water partition coefficient (Wildman–Crippen LogP) is 0.407. The minimum Gasteiger partial charge on any atom is -0.381 e. The van der Waals surface area contributed by atoms with Crippen molar-refractivity contribution < 1.29 is 18.7 Å². The molecule has 0 aromatic carbocycles. The van der Waals surface area contributed by atoms with Gasteiger partial charge in [-0.15, -0.1) is 11.3 Å². The fraction of sp³-hybridized carbons (Fsp3) is 0.286. The van der Waals surface area contributed by atoms with Crippen LogP contribution in [0, 0.1) is 0 Å². The van der Waals surface area contributed by atoms with E-state index in [0.717, 1.165) is 11.3 Å². The van der Waals surface area contributed by atoms with E-state index < -0.39 is 17.9 Å². The Kier molecular flexibility index (Phi) is 3.14. The van der Waals surface area contributed by atoms with Gasteiger partial charge in [0.05, 0.1) is 0 Å². The molecule has 0 bridgehead atoms. The molecule has 1 unspecified atom stereocenters. The van der Waals surface area contributed by atoms with Crippen molar-refractivity contribution in [2.45, 2.75) is 12.0 Å². The molecule has 1 atom stereocenters. The summed E-state index contributed by atoms with van der Waals surface area (Å²) in [6, 6.07) is 2.81. The average Bonchev–Trinajstić information content (AvgIpc) is 2.67. The molecule has 0 aliphatic rings. The number of halogens is 2. The molecule has 0 fully saturated rings. The second kappa shape index (κ2) is 3.99. The molecular weight excluding hydrogens is 214 g/mol. The third-order valence-electron chi connectivity index (χ3n) is 1.59. The van der Waals surface area contributed by atoms with Gasteiger partial charge in [-0.25, -0.2) is 5.84 Å². The first kappa shape index (κ1) is 11.0. The normalized spacial score (nSPS) is 13.7. The van der Waals surface area contributed by atoms with Gasteiger partial charge in [-0.1, -0.05) is 6.07 Å². The molecule has 78 valence electrons. The van der Waals surface area contributed by atoms with Crippen molar-refractivity contribution >= 4 is 17.2 Å². The summed E-state index contributed by atoms with van der Waals surface area (Å²) in [6.45, 7) is 0. The fourth-order valence-electron chi connectivity index (χ4n) is 0.846. The van der Waals surface area contributed by atoms with Gasteiger partial charge in [0.1, 0.15) is 0 Å². The monoisotopic (exact) mass is 222 g/mol. The van der Waals surface area contributed by atoms with Crippen molar-refractivity contribution in [3.63, 3.8) is 0 Å². The molecule has 1 aromatic rings. The lowest BCUT2D eigenvalue weighted by molar-refractivity contribution is -0.163. The Hall–Kier alpha value is -1.05. The molecule has 0 saturated carbocycles. The second-order valence-corrected chi connectivity index (χ2v) is 3.49. The van der Waals surface area contributed by atoms with Crippen LogP contribution >= 0.6 is 11.3 Å². The lowest BCUT2D eigenvalue weighted by Gasteiger charge is -2.19. The number of carbonyl (C=O) groups is 1. The lowest BCUT2D eigenvalue weighted by atomic mass is 10.1. The topological polar surface area (TPSA) is 75.3 Å². The number of hydrogen-bond acceptors (Lipinski definition) is 4. The van der Waals surface area contributed by atoms with E-state index in [1.807, 2.05) is 0 Å². The molecule has 1 heterocycles. The third kappa shape index (κ3) is 1.89. The van der Waals surface area contributed by atoms with Crippen LogP contribution in [0.3, 0.4) is 0 Å². The predicted molar refractivity (Wildman–Crippen MR) is 46.6 cm³/mol. The highest BCUT2D eigenvalue weighted by molar-refractivity contribution is 7.10. The number of rotatable bonds is 3. The van der Waals surface area contributed by atoms with Gasteiger partial charge in [-0.05, 0) is 11.4 Å². The van der Waals surface area contributed by atoms with Gasteiger partial charge in [-0.2, -0.15) is 8.78 Å². The molecule has 1 aromatic heterocycles. The van der Waals surface area contributed by atoms with Crippen LogP contribution in [-0.2, 0) is 4.79 Å². The van der Waals surface area contributed by atoms with Gasteiger partial charge in [0.15, 0.2) is 6.10 Å². The zero-order chi connectivity index (χ0) is 10.8. The van der Waals surface area contributed by atoms with E-state index in [2.05, 4.69) is 5.84 Å². The van der Waals surface area contributed by atoms with Crippen molar-refractivity contribution in [2.24, 2.45) is 5.84 Å². The summed E-state index contributed by atoms with van der Waals surface area (Å²) in [7, 11) is 0. The summed E-state index contributed by atoms with van der Waals surface area (Å²) in [5.41, 5.74) is 1.30. The molecule has 4 N–H and O–H groups in total. The van der Waals surface area contributed by atoms with Crippen LogP contribution in [-0.4, -0.2) is 16.9 Å². The van der Waals surface area contributed by atoms with E-state index in [-0.39, 0.29) is 4.88 Å². The zero-order valence-electron chi connectivity index (χ0n) is 6.91. The molecule has 14 heavy (non-hydrogen) atoms. The quantitative estimate of drug-likeness (QED) is 0.394. The van der Waals surface area contributed by atoms with Crippen LogP contribution in [0.2, 0.25) is 0 Å². The molecule has 0 radical (unpaired) electrons. The number of aliphatic hydroxyl groups is 1. The van der Waals surface area contributed by atoms with Crippen LogP contribution < -0.4 is 11.3 Å². The Morgan fingerprint density at radius 1 is 1.71 bits per heavy atom. The highest BCUT2D eigenvalue weighted by Gasteiger charge is 2.47. The van der Waals surface area contributed by atoms with Crippen LogP contribution in [0.4, 0.5) is 8.78 Å². The van der Waals surface area contributed by atoms with Crippen LogP contribution in [0.5, 0.6) is 0 Å². The van der Waals surface area contributed by atoms with Crippen molar-refractivity contribution in [3.05, 3.63) is 22.4 Å². The number of carbonyl (C=O) groups excluding carboxylic acids is 1. The molecule has 0 spiro atoms. The van der Waals surface area contributed by atoms with Crippen LogP contribution in [0.1, 0.15) is 11.0 Å². The number of amides is 1. The van der Waals surface area contributed by atoms with Gasteiger partial charge in [0.2, 0.25) is 0 Å². The zero-order valence-corrected chi connectivity index (χ0v) is 7.72. The number of aliphatic hydroxyl groups excluding tert-OH is 1. The van der Waals surface area contributed by atoms with E-state index in [9.17, 15) is 18.7 Å². The highest BCUT2D eigenvalue weighted by Crippen LogP contribution is 2.33. The maximum absolute atomic E-state index is 13.0. The van der Waals surface area contributed by atoms with E-state index in [4.69, 9.17) is 0 Å². The average molecular weight is 222 g/mol. The molecule has 7 heteroatoms. The first-order valence-corrected chi connectivity index (χ1v) is 4.48. The molecule has 0 saturated heterocycles. The van der Waals surface area contributed by atoms with Gasteiger partial charge in [-0.3, -0.25) is 10.2 Å². The molecule has 0 aliphatic heterocycles. The summed E-state index contributed by atoms with van der Waals surface area (Å²) < 4.78 is 26.1. The van der Waals surface area contributed by atoms with E-state index in [0.29, 0.717) is 0 Å². The Labute approximate surface area is 82.3 Å². The van der Waals surface area contributed by atoms with E-state index >= 15 is 0 Å². The number of thiophene rings is 1. The van der Waals surface area contributed by atoms with Gasteiger partial charge >= 0.3 is 11.8 Å². The van der Waals surface area contributed by atoms with Gasteiger partial charge < -0.3 is 5.11 Å². The largest absolute Gasteiger partial charge is 0.381 e. The summed E-state index contributed by atoms with van der Waals surface area (Å²) >= 11 is 0.935. The fourth-order valence-corrected chi connectivity index (χ4v) is 1.59. The highest BCUT2D eigenvalue weighted by atomic mass is 32.1. The standard InChI is InChI=1S/C7H8F2N2O2S/c8-7(9,6(13)11-10)5(12)4-2-1-3-14-4/h1-3,5,12H,10H2,(H,11,13). The summed E-state index contributed by atoms with van der Waals surface area (Å²) in [4.78, 5) is 10.6. The minimum absolute atomic E-state index is 0.0126. The Morgan fingerprint density at radius 3 is 2.79 bits per heavy atom. The molecule has 1 amide bonds. The van der Waals surface area contributed by atoms with Crippen molar-refractivity contribution in [1.29, 1.82) is 0 Å². The van der Waals surface area contributed by atoms with Crippen molar-refractivity contribution in [2.75, 3.05) is 0 Å². The summed E-state index contributed by atoms with van der Waals surface area (Å²) in [6.07, 6.45) is -2.16. The van der Waals surface area contributed by atoms with Gasteiger partial charge in [0, 0.05) is 4.88 Å². The molecular formula is C7H8F2N2O2S. The van der Waals surface area contributed by atoms with Gasteiger partial charge in [0.25, 0.3) is 0 Å². The maximum Gasteiger partial charge on any atom is 0.355 e. The number of nitrogens with two attached hydrogens (primary N) is 1. The molecule has 4 nitrogen and oxygen atoms in total. The summed E-state index contributed by atoms with van der Waals surface area (Å²) in [5.74, 6) is -1.06. The number of alkyl halides is 2. The first-order chi connectivity index (χ1) is 6.50. The number of hydrazine groups is 1. The van der Waals surface area contributed by atoms with Crippen molar-refractivity contribution in [3.8, 4) is 0 Å². The Morgan fingerprint density at radius 2 is 2.36 bits per heavy atom. The lowest BCUT2D eigenvalue weighted by Crippen LogP contribution is -2.47. The van der Waals surface area contributed by atoms with Crippen LogP contribution in [0.25, 0.3) is 0 Å². The smallest absolute Gasteiger partial charge is 0.355 e. The molecule has 0 aliphatic carbocycles. The van der Waals surface area contributed by atoms with E-state index in [1.165, 1.54) is 22.9 Å². The number of hydrogen-bond donors (Lipinski definition) is 3. The number of nitrogens with one attached hydrogen (secondary N) is 1. The SMILES string of the molecule is NNC(=O)C(F)(F)C(O)c1cccs1. The first-order valence-electron chi connectivity index (χ1n) is 3.60. The Bertz CT molecular complexity index is 315. The van der Waals surface area contributed by atoms with Crippen LogP contribution in [0.15, 0.2) is 17.5 Å². The second-order valence-electron chi connectivity index (χ2n) is 2.51. The van der Waals surface area contributed by atoms with Crippen molar-refractivity contribution in [1.82, 2.24) is 5.43 Å². The molecule has 1 rings (SSSR count). The summed E-state index contributed by atoms with van der Waals surface area (Å²) in [5, 5.41) is 10.7. The third-order valence-corrected chi connectivity index (χ3v) is 2.51. The minimum atomic E-state index is -3.92. The van der Waals surface area contributed by atoms with E-state index in [1.54, 1.807) is 0 Å². The maximum atomic E-state index is 13.0.